The Balaban J connectivity index is 2.10. The van der Waals surface area contributed by atoms with Gasteiger partial charge in [-0.05, 0) is 29.8 Å². The van der Waals surface area contributed by atoms with Gasteiger partial charge in [-0.1, -0.05) is 30.3 Å². The summed E-state index contributed by atoms with van der Waals surface area (Å²) in [5, 5.41) is 15.0. The predicted molar refractivity (Wildman–Crippen MR) is 83.8 cm³/mol. The van der Waals surface area contributed by atoms with Gasteiger partial charge in [0, 0.05) is 18.3 Å². The highest BCUT2D eigenvalue weighted by Crippen LogP contribution is 2.23. The molecule has 4 nitrogen and oxygen atoms in total. The lowest BCUT2D eigenvalue weighted by Gasteiger charge is -2.18. The summed E-state index contributed by atoms with van der Waals surface area (Å²) >= 11 is 0. The molecular weight excluding hydrogens is 262 g/mol. The molecule has 0 heterocycles. The van der Waals surface area contributed by atoms with Crippen LogP contribution in [-0.2, 0) is 4.79 Å². The minimum Gasteiger partial charge on any atom is -0.377 e. The van der Waals surface area contributed by atoms with E-state index in [1.165, 1.54) is 6.92 Å². The van der Waals surface area contributed by atoms with Gasteiger partial charge in [0.2, 0.25) is 5.91 Å². The quantitative estimate of drug-likeness (QED) is 0.876. The molecule has 0 spiro atoms. The van der Waals surface area contributed by atoms with Crippen molar-refractivity contribution in [3.05, 3.63) is 60.2 Å². The summed E-state index contributed by atoms with van der Waals surface area (Å²) in [5.41, 5.74) is 2.74. The second kappa shape index (κ2) is 7.11. The molecule has 1 unspecified atom stereocenters. The van der Waals surface area contributed by atoms with Gasteiger partial charge >= 0.3 is 0 Å². The number of carbonyl (C=O) groups is 1. The number of nitrogens with zero attached hydrogens (tertiary/aromatic N) is 1. The van der Waals surface area contributed by atoms with Gasteiger partial charge in [-0.15, -0.1) is 0 Å². The number of amides is 1. The molecule has 2 rings (SSSR count). The molecule has 0 fully saturated rings. The van der Waals surface area contributed by atoms with Crippen molar-refractivity contribution in [2.24, 2.45) is 0 Å². The smallest absolute Gasteiger partial charge is 0.221 e. The van der Waals surface area contributed by atoms with Crippen LogP contribution in [0, 0.1) is 11.3 Å². The van der Waals surface area contributed by atoms with E-state index in [2.05, 4.69) is 16.7 Å². The first-order valence-electron chi connectivity index (χ1n) is 6.75. The number of nitrogens with one attached hydrogen (secondary N) is 2. The van der Waals surface area contributed by atoms with Gasteiger partial charge in [0.05, 0.1) is 18.5 Å². The van der Waals surface area contributed by atoms with Crippen LogP contribution in [0.4, 0.5) is 11.4 Å². The van der Waals surface area contributed by atoms with Crippen molar-refractivity contribution < 1.29 is 4.79 Å². The van der Waals surface area contributed by atoms with Crippen LogP contribution in [0.5, 0.6) is 0 Å². The minimum absolute atomic E-state index is 0.0529. The monoisotopic (exact) mass is 279 g/mol. The fraction of sp³-hybridized carbons (Fsp3) is 0.176. The van der Waals surface area contributed by atoms with E-state index in [4.69, 9.17) is 5.26 Å². The normalized spacial score (nSPS) is 11.2. The molecule has 2 aromatic carbocycles. The van der Waals surface area contributed by atoms with E-state index < -0.39 is 0 Å². The zero-order valence-corrected chi connectivity index (χ0v) is 11.8. The number of carbonyl (C=O) groups excluding carboxylic acids is 1. The summed E-state index contributed by atoms with van der Waals surface area (Å²) in [6.07, 6.45) is 0.386. The van der Waals surface area contributed by atoms with Gasteiger partial charge in [-0.2, -0.15) is 5.26 Å². The second-order valence-corrected chi connectivity index (χ2v) is 4.73. The Kier molecular flexibility index (Phi) is 4.94. The second-order valence-electron chi connectivity index (χ2n) is 4.73. The van der Waals surface area contributed by atoms with Crippen molar-refractivity contribution in [1.82, 2.24) is 0 Å². The van der Waals surface area contributed by atoms with E-state index in [1.807, 2.05) is 54.6 Å². The first-order valence-corrected chi connectivity index (χ1v) is 6.75. The standard InChI is InChI=1S/C17H17N3O/c1-13(21)19-15-7-9-16(10-8-15)20-17(11-12-18)14-5-3-2-4-6-14/h2-10,17,20H,11H2,1H3,(H,19,21). The Labute approximate surface area is 124 Å². The third-order valence-electron chi connectivity index (χ3n) is 3.04. The molecule has 0 radical (unpaired) electrons. The molecule has 0 saturated heterocycles. The number of benzene rings is 2. The van der Waals surface area contributed by atoms with E-state index >= 15 is 0 Å². The van der Waals surface area contributed by atoms with E-state index in [0.717, 1.165) is 16.9 Å². The fourth-order valence-electron chi connectivity index (χ4n) is 2.08. The number of rotatable bonds is 5. The van der Waals surface area contributed by atoms with Gasteiger partial charge in [0.25, 0.3) is 0 Å². The van der Waals surface area contributed by atoms with E-state index in [9.17, 15) is 4.79 Å². The van der Waals surface area contributed by atoms with Crippen LogP contribution >= 0.6 is 0 Å². The van der Waals surface area contributed by atoms with Gasteiger partial charge in [0.15, 0.2) is 0 Å². The summed E-state index contributed by atoms with van der Waals surface area (Å²) in [6.45, 7) is 1.48. The Bertz CT molecular complexity index is 629. The Morgan fingerprint density at radius 2 is 1.71 bits per heavy atom. The summed E-state index contributed by atoms with van der Waals surface area (Å²) in [6, 6.07) is 19.5. The van der Waals surface area contributed by atoms with Crippen LogP contribution in [-0.4, -0.2) is 5.91 Å². The van der Waals surface area contributed by atoms with Crippen LogP contribution in [0.25, 0.3) is 0 Å². The van der Waals surface area contributed by atoms with Gasteiger partial charge in [-0.25, -0.2) is 0 Å². The van der Waals surface area contributed by atoms with E-state index in [0.29, 0.717) is 6.42 Å². The van der Waals surface area contributed by atoms with Crippen molar-refractivity contribution in [2.45, 2.75) is 19.4 Å². The molecule has 0 aliphatic heterocycles. The van der Waals surface area contributed by atoms with Crippen molar-refractivity contribution in [3.8, 4) is 6.07 Å². The molecular formula is C17H17N3O. The number of anilines is 2. The van der Waals surface area contributed by atoms with Crippen LogP contribution in [0.3, 0.4) is 0 Å². The molecule has 0 aliphatic rings. The molecule has 2 aromatic rings. The highest BCUT2D eigenvalue weighted by Gasteiger charge is 2.10. The molecule has 106 valence electrons. The Morgan fingerprint density at radius 3 is 2.29 bits per heavy atom. The Morgan fingerprint density at radius 1 is 1.10 bits per heavy atom. The topological polar surface area (TPSA) is 64.9 Å². The first kappa shape index (κ1) is 14.6. The summed E-state index contributed by atoms with van der Waals surface area (Å²) in [4.78, 5) is 11.0. The largest absolute Gasteiger partial charge is 0.377 e. The van der Waals surface area contributed by atoms with Gasteiger partial charge in [-0.3, -0.25) is 4.79 Å². The average Bonchev–Trinajstić information content (AvgIpc) is 2.49. The third kappa shape index (κ3) is 4.36. The number of hydrogen-bond donors (Lipinski definition) is 2. The summed E-state index contributed by atoms with van der Waals surface area (Å²) in [7, 11) is 0. The van der Waals surface area contributed by atoms with Crippen LogP contribution in [0.1, 0.15) is 24.9 Å². The SMILES string of the molecule is CC(=O)Nc1ccc(NC(CC#N)c2ccccc2)cc1. The molecule has 4 heteroatoms. The molecule has 1 amide bonds. The van der Waals surface area contributed by atoms with Crippen LogP contribution in [0.2, 0.25) is 0 Å². The number of nitriles is 1. The van der Waals surface area contributed by atoms with Gasteiger partial charge in [0.1, 0.15) is 0 Å². The molecule has 1 atom stereocenters. The minimum atomic E-state index is -0.0950. The maximum absolute atomic E-state index is 11.0. The highest BCUT2D eigenvalue weighted by molar-refractivity contribution is 5.88. The zero-order valence-electron chi connectivity index (χ0n) is 11.8. The maximum Gasteiger partial charge on any atom is 0.221 e. The average molecular weight is 279 g/mol. The Hall–Kier alpha value is -2.80. The zero-order chi connectivity index (χ0) is 15.1. The maximum atomic E-state index is 11.0. The predicted octanol–water partition coefficient (Wildman–Crippen LogP) is 3.71. The molecule has 0 aliphatic carbocycles. The summed E-state index contributed by atoms with van der Waals surface area (Å²) < 4.78 is 0. The van der Waals surface area contributed by atoms with Crippen LogP contribution < -0.4 is 10.6 Å². The van der Waals surface area contributed by atoms with Crippen molar-refractivity contribution in [1.29, 1.82) is 5.26 Å². The molecule has 0 bridgehead atoms. The van der Waals surface area contributed by atoms with Crippen molar-refractivity contribution in [3.63, 3.8) is 0 Å². The van der Waals surface area contributed by atoms with Crippen molar-refractivity contribution in [2.75, 3.05) is 10.6 Å². The summed E-state index contributed by atoms with van der Waals surface area (Å²) in [5.74, 6) is -0.0950. The molecule has 0 aromatic heterocycles. The fourth-order valence-corrected chi connectivity index (χ4v) is 2.08. The van der Waals surface area contributed by atoms with Crippen molar-refractivity contribution >= 4 is 17.3 Å². The lowest BCUT2D eigenvalue weighted by atomic mass is 10.0. The van der Waals surface area contributed by atoms with E-state index in [-0.39, 0.29) is 11.9 Å². The lowest BCUT2D eigenvalue weighted by Crippen LogP contribution is -2.10. The molecule has 0 saturated carbocycles. The third-order valence-corrected chi connectivity index (χ3v) is 3.04. The lowest BCUT2D eigenvalue weighted by molar-refractivity contribution is -0.114. The number of hydrogen-bond acceptors (Lipinski definition) is 3. The van der Waals surface area contributed by atoms with E-state index in [1.54, 1.807) is 0 Å². The highest BCUT2D eigenvalue weighted by atomic mass is 16.1. The molecule has 21 heavy (non-hydrogen) atoms. The first-order chi connectivity index (χ1) is 10.2. The van der Waals surface area contributed by atoms with Gasteiger partial charge < -0.3 is 10.6 Å². The molecule has 2 N–H and O–H groups in total. The van der Waals surface area contributed by atoms with Crippen LogP contribution in [0.15, 0.2) is 54.6 Å².